The van der Waals surface area contributed by atoms with Gasteiger partial charge in [-0.05, 0) is 11.5 Å². The van der Waals surface area contributed by atoms with Crippen molar-refractivity contribution in [1.82, 2.24) is 6.15 Å². The monoisotopic (exact) mass is 235 g/mol. The second kappa shape index (κ2) is 7.36. The Morgan fingerprint density at radius 2 is 1.40 bits per heavy atom. The highest BCUT2D eigenvalue weighted by Crippen LogP contribution is 2.11. The molecule has 6 heteroatoms. The zero-order valence-corrected chi connectivity index (χ0v) is 9.61. The number of hydrogen-bond donors (Lipinski definition) is 3. The molecule has 0 radical (unpaired) electrons. The van der Waals surface area contributed by atoms with Crippen LogP contribution in [-0.2, 0) is 10.4 Å². The van der Waals surface area contributed by atoms with Crippen molar-refractivity contribution in [3.63, 3.8) is 0 Å². The number of benzene rings is 1. The van der Waals surface area contributed by atoms with Gasteiger partial charge in [0, 0.05) is 0 Å². The average molecular weight is 235 g/mol. The van der Waals surface area contributed by atoms with Crippen LogP contribution in [0, 0.1) is 0 Å². The van der Waals surface area contributed by atoms with Gasteiger partial charge in [-0.3, -0.25) is 9.11 Å². The van der Waals surface area contributed by atoms with Gasteiger partial charge >= 0.3 is 10.4 Å². The molecule has 5 N–H and O–H groups in total. The van der Waals surface area contributed by atoms with E-state index in [0.717, 1.165) is 0 Å². The molecule has 88 valence electrons. The highest BCUT2D eigenvalue weighted by atomic mass is 32.3. The van der Waals surface area contributed by atoms with E-state index in [1.54, 1.807) is 0 Å². The van der Waals surface area contributed by atoms with Crippen LogP contribution in [0.15, 0.2) is 30.3 Å². The molecule has 15 heavy (non-hydrogen) atoms. The summed E-state index contributed by atoms with van der Waals surface area (Å²) in [6, 6.07) is 10.5. The molecular formula is C9H17NO4S. The minimum absolute atomic E-state index is 0. The lowest BCUT2D eigenvalue weighted by molar-refractivity contribution is 0.381. The molecule has 0 aliphatic carbocycles. The van der Waals surface area contributed by atoms with Crippen molar-refractivity contribution in [3.8, 4) is 0 Å². The number of rotatable bonds is 1. The maximum Gasteiger partial charge on any atom is 0.394 e. The van der Waals surface area contributed by atoms with Crippen LogP contribution in [0.2, 0.25) is 0 Å². The second-order valence-corrected chi connectivity index (χ2v) is 3.91. The number of hydrogen-bond acceptors (Lipinski definition) is 3. The topological polar surface area (TPSA) is 110 Å². The molecule has 1 aromatic carbocycles. The Bertz CT molecular complexity index is 340. The first-order valence-corrected chi connectivity index (χ1v) is 5.45. The average Bonchev–Trinajstić information content (AvgIpc) is 2.03. The van der Waals surface area contributed by atoms with Crippen molar-refractivity contribution in [3.05, 3.63) is 35.9 Å². The lowest BCUT2D eigenvalue weighted by Gasteiger charge is -2.01. The minimum Gasteiger partial charge on any atom is -0.344 e. The van der Waals surface area contributed by atoms with Crippen LogP contribution in [0.4, 0.5) is 0 Å². The van der Waals surface area contributed by atoms with Crippen molar-refractivity contribution in [2.75, 3.05) is 0 Å². The molecule has 0 spiro atoms. The lowest BCUT2D eigenvalue weighted by Crippen LogP contribution is -1.89. The first-order valence-electron chi connectivity index (χ1n) is 4.05. The van der Waals surface area contributed by atoms with Gasteiger partial charge in [0.1, 0.15) is 0 Å². The molecule has 0 atom stereocenters. The molecule has 1 rings (SSSR count). The van der Waals surface area contributed by atoms with Gasteiger partial charge in [0.15, 0.2) is 0 Å². The molecule has 0 heterocycles. The quantitative estimate of drug-likeness (QED) is 0.647. The SMILES string of the molecule is CC(C)c1ccccc1.N.O=S(=O)(O)O. The van der Waals surface area contributed by atoms with Gasteiger partial charge in [-0.25, -0.2) is 0 Å². The molecular weight excluding hydrogens is 218 g/mol. The standard InChI is InChI=1S/C9H12.H3N.H2O4S/c1-8(2)9-6-4-3-5-7-9;;1-5(2,3)4/h3-8H,1-2H3;1H3;(H2,1,2,3,4). The Morgan fingerprint density at radius 1 is 1.07 bits per heavy atom. The normalized spacial score (nSPS) is 9.93. The Kier molecular flexibility index (Phi) is 8.08. The molecule has 0 aromatic heterocycles. The fourth-order valence-corrected chi connectivity index (χ4v) is 0.838. The van der Waals surface area contributed by atoms with Gasteiger partial charge < -0.3 is 6.15 Å². The van der Waals surface area contributed by atoms with Gasteiger partial charge in [-0.15, -0.1) is 0 Å². The summed E-state index contributed by atoms with van der Waals surface area (Å²) in [6.45, 7) is 4.41. The van der Waals surface area contributed by atoms with E-state index in [-0.39, 0.29) is 6.15 Å². The Balaban J connectivity index is 0. The van der Waals surface area contributed by atoms with Crippen molar-refractivity contribution < 1.29 is 17.5 Å². The zero-order chi connectivity index (χ0) is 11.2. The molecule has 0 unspecified atom stereocenters. The Labute approximate surface area is 90.3 Å². The predicted octanol–water partition coefficient (Wildman–Crippen LogP) is 2.32. The fraction of sp³-hybridized carbons (Fsp3) is 0.333. The summed E-state index contributed by atoms with van der Waals surface area (Å²) in [5.74, 6) is 0.659. The maximum absolute atomic E-state index is 8.74. The molecule has 0 fully saturated rings. The molecule has 0 bridgehead atoms. The highest BCUT2D eigenvalue weighted by Gasteiger charge is 1.93. The van der Waals surface area contributed by atoms with Crippen LogP contribution in [-0.4, -0.2) is 17.5 Å². The second-order valence-electron chi connectivity index (χ2n) is 3.01. The van der Waals surface area contributed by atoms with Gasteiger partial charge in [0.2, 0.25) is 0 Å². The van der Waals surface area contributed by atoms with Crippen LogP contribution < -0.4 is 6.15 Å². The van der Waals surface area contributed by atoms with Crippen LogP contribution in [0.5, 0.6) is 0 Å². The molecule has 0 aliphatic heterocycles. The van der Waals surface area contributed by atoms with Crippen molar-refractivity contribution in [1.29, 1.82) is 0 Å². The summed E-state index contributed by atoms with van der Waals surface area (Å²) in [5.41, 5.74) is 1.41. The maximum atomic E-state index is 8.74. The van der Waals surface area contributed by atoms with E-state index in [1.807, 2.05) is 6.07 Å². The van der Waals surface area contributed by atoms with Gasteiger partial charge in [-0.1, -0.05) is 44.2 Å². The van der Waals surface area contributed by atoms with E-state index < -0.39 is 10.4 Å². The van der Waals surface area contributed by atoms with Crippen molar-refractivity contribution in [2.45, 2.75) is 19.8 Å². The van der Waals surface area contributed by atoms with Crippen LogP contribution in [0.3, 0.4) is 0 Å². The van der Waals surface area contributed by atoms with E-state index >= 15 is 0 Å². The zero-order valence-electron chi connectivity index (χ0n) is 8.79. The van der Waals surface area contributed by atoms with E-state index in [2.05, 4.69) is 38.1 Å². The summed E-state index contributed by atoms with van der Waals surface area (Å²) >= 11 is 0. The van der Waals surface area contributed by atoms with Gasteiger partial charge in [0.05, 0.1) is 0 Å². The van der Waals surface area contributed by atoms with Crippen LogP contribution >= 0.6 is 0 Å². The van der Waals surface area contributed by atoms with E-state index in [1.165, 1.54) is 5.56 Å². The third-order valence-electron chi connectivity index (χ3n) is 1.47. The Hall–Kier alpha value is -0.950. The highest BCUT2D eigenvalue weighted by molar-refractivity contribution is 7.79. The first-order chi connectivity index (χ1) is 6.30. The largest absolute Gasteiger partial charge is 0.394 e. The molecule has 0 saturated carbocycles. The smallest absolute Gasteiger partial charge is 0.344 e. The minimum atomic E-state index is -4.67. The van der Waals surface area contributed by atoms with Crippen LogP contribution in [0.25, 0.3) is 0 Å². The third kappa shape index (κ3) is 13.1. The fourth-order valence-electron chi connectivity index (χ4n) is 0.838. The van der Waals surface area contributed by atoms with Crippen molar-refractivity contribution in [2.24, 2.45) is 0 Å². The van der Waals surface area contributed by atoms with E-state index in [4.69, 9.17) is 17.5 Å². The molecule has 0 saturated heterocycles. The molecule has 0 amide bonds. The Morgan fingerprint density at radius 3 is 1.60 bits per heavy atom. The lowest BCUT2D eigenvalue weighted by atomic mass is 10.0. The summed E-state index contributed by atoms with van der Waals surface area (Å²) in [4.78, 5) is 0. The van der Waals surface area contributed by atoms with E-state index in [9.17, 15) is 0 Å². The van der Waals surface area contributed by atoms with Crippen molar-refractivity contribution >= 4 is 10.4 Å². The predicted molar refractivity (Wildman–Crippen MR) is 59.7 cm³/mol. The van der Waals surface area contributed by atoms with Gasteiger partial charge in [-0.2, -0.15) is 8.42 Å². The van der Waals surface area contributed by atoms with Crippen LogP contribution in [0.1, 0.15) is 25.3 Å². The summed E-state index contributed by atoms with van der Waals surface area (Å²) in [6.07, 6.45) is 0. The summed E-state index contributed by atoms with van der Waals surface area (Å²) in [5, 5.41) is 0. The third-order valence-corrected chi connectivity index (χ3v) is 1.47. The van der Waals surface area contributed by atoms with E-state index in [0.29, 0.717) is 5.92 Å². The molecule has 1 aromatic rings. The first kappa shape index (κ1) is 16.5. The van der Waals surface area contributed by atoms with Gasteiger partial charge in [0.25, 0.3) is 0 Å². The summed E-state index contributed by atoms with van der Waals surface area (Å²) < 4.78 is 31.6. The summed E-state index contributed by atoms with van der Waals surface area (Å²) in [7, 11) is -4.67. The molecule has 0 aliphatic rings. The molecule has 5 nitrogen and oxygen atoms in total.